The van der Waals surface area contributed by atoms with Crippen LogP contribution in [0.15, 0.2) is 48.9 Å². The van der Waals surface area contributed by atoms with Crippen LogP contribution in [-0.2, 0) is 17.7 Å². The number of piperazine rings is 1. The summed E-state index contributed by atoms with van der Waals surface area (Å²) in [4.78, 5) is 29.7. The number of carbonyl (C=O) groups excluding carboxylic acids is 1. The Morgan fingerprint density at radius 1 is 1.12 bits per heavy atom. The first-order chi connectivity index (χ1) is 19.9. The molecular weight excluding hydrogens is 526 g/mol. The van der Waals surface area contributed by atoms with E-state index in [1.807, 2.05) is 33.2 Å². The van der Waals surface area contributed by atoms with Crippen molar-refractivity contribution in [2.24, 2.45) is 11.3 Å². The van der Waals surface area contributed by atoms with E-state index in [9.17, 15) is 4.79 Å². The van der Waals surface area contributed by atoms with E-state index in [1.54, 1.807) is 4.90 Å². The highest BCUT2D eigenvalue weighted by molar-refractivity contribution is 5.81. The topological polar surface area (TPSA) is 92.2 Å². The van der Waals surface area contributed by atoms with E-state index in [2.05, 4.69) is 81.9 Å². The number of ether oxygens (including phenoxy) is 1. The number of nitrogens with one attached hydrogen (secondary N) is 1. The van der Waals surface area contributed by atoms with Crippen molar-refractivity contribution in [2.75, 3.05) is 26.2 Å². The monoisotopic (exact) mass is 569 g/mol. The third-order valence-corrected chi connectivity index (χ3v) is 8.81. The lowest BCUT2D eigenvalue weighted by Gasteiger charge is -2.38. The summed E-state index contributed by atoms with van der Waals surface area (Å²) in [6.45, 7) is 16.5. The molecule has 1 N–H and O–H groups in total. The third-order valence-electron chi connectivity index (χ3n) is 8.81. The standard InChI is InChI=1S/C33H43N7O2/c1-22(38-11-13-39(14-12-38)31(41)42-32(2,3)4)23-9-10-34-27(15-23)17-30-36-28-8-7-24(16-29(28)37-30)25-19-35-40(20-25)21-26-18-33(26,5)6/h7-10,15-16,19-20,22,26H,11-14,17-18,21H2,1-6H3,(H,36,37)/t22?,26-/m0/s1. The van der Waals surface area contributed by atoms with Crippen molar-refractivity contribution in [2.45, 2.75) is 72.6 Å². The lowest BCUT2D eigenvalue weighted by atomic mass is 10.1. The number of benzene rings is 1. The van der Waals surface area contributed by atoms with Crippen LogP contribution in [-0.4, -0.2) is 72.4 Å². The van der Waals surface area contributed by atoms with Crippen molar-refractivity contribution in [1.82, 2.24) is 34.5 Å². The Bertz CT molecular complexity index is 1570. The second-order valence-corrected chi connectivity index (χ2v) is 13.7. The molecule has 0 spiro atoms. The molecule has 1 unspecified atom stereocenters. The molecule has 1 aliphatic carbocycles. The van der Waals surface area contributed by atoms with Crippen LogP contribution >= 0.6 is 0 Å². The van der Waals surface area contributed by atoms with Gasteiger partial charge in [-0.3, -0.25) is 14.6 Å². The zero-order valence-corrected chi connectivity index (χ0v) is 25.7. The molecule has 4 heterocycles. The van der Waals surface area contributed by atoms with E-state index in [0.717, 1.165) is 53.3 Å². The maximum Gasteiger partial charge on any atom is 0.410 e. The summed E-state index contributed by atoms with van der Waals surface area (Å²) >= 11 is 0. The summed E-state index contributed by atoms with van der Waals surface area (Å²) in [6.07, 6.45) is 7.68. The van der Waals surface area contributed by atoms with Gasteiger partial charge < -0.3 is 14.6 Å². The maximum absolute atomic E-state index is 12.5. The van der Waals surface area contributed by atoms with Crippen LogP contribution in [0.1, 0.15) is 71.1 Å². The number of pyridine rings is 1. The molecule has 2 fully saturated rings. The van der Waals surface area contributed by atoms with Crippen molar-refractivity contribution < 1.29 is 9.53 Å². The lowest BCUT2D eigenvalue weighted by molar-refractivity contribution is 0.0110. The van der Waals surface area contributed by atoms with Gasteiger partial charge in [-0.1, -0.05) is 19.9 Å². The summed E-state index contributed by atoms with van der Waals surface area (Å²) in [5.41, 5.74) is 6.41. The molecule has 3 aromatic heterocycles. The normalized spacial score (nSPS) is 19.7. The minimum Gasteiger partial charge on any atom is -0.444 e. The van der Waals surface area contributed by atoms with Gasteiger partial charge in [-0.2, -0.15) is 5.10 Å². The number of nitrogens with zero attached hydrogens (tertiary/aromatic N) is 6. The Kier molecular flexibility index (Phi) is 7.33. The highest BCUT2D eigenvalue weighted by atomic mass is 16.6. The molecule has 1 saturated heterocycles. The molecule has 2 aliphatic rings. The Labute approximate surface area is 248 Å². The van der Waals surface area contributed by atoms with Crippen LogP contribution in [0.4, 0.5) is 4.79 Å². The summed E-state index contributed by atoms with van der Waals surface area (Å²) in [5, 5.41) is 4.62. The Hall–Kier alpha value is -3.72. The highest BCUT2D eigenvalue weighted by Crippen LogP contribution is 2.52. The zero-order valence-electron chi connectivity index (χ0n) is 25.7. The molecule has 0 radical (unpaired) electrons. The van der Waals surface area contributed by atoms with Crippen molar-refractivity contribution in [3.8, 4) is 11.1 Å². The predicted molar refractivity (Wildman–Crippen MR) is 164 cm³/mol. The molecule has 1 saturated carbocycles. The minimum atomic E-state index is -0.478. The quantitative estimate of drug-likeness (QED) is 0.290. The number of rotatable bonds is 7. The van der Waals surface area contributed by atoms with E-state index in [-0.39, 0.29) is 12.1 Å². The van der Waals surface area contributed by atoms with Crippen LogP contribution in [0.2, 0.25) is 0 Å². The molecule has 42 heavy (non-hydrogen) atoms. The smallest absolute Gasteiger partial charge is 0.410 e. The molecule has 9 nitrogen and oxygen atoms in total. The third kappa shape index (κ3) is 6.36. The Morgan fingerprint density at radius 2 is 1.88 bits per heavy atom. The van der Waals surface area contributed by atoms with E-state index < -0.39 is 5.60 Å². The fraction of sp³-hybridized carbons (Fsp3) is 0.515. The molecule has 1 amide bonds. The van der Waals surface area contributed by atoms with Crippen LogP contribution in [0, 0.1) is 11.3 Å². The fourth-order valence-electron chi connectivity index (χ4n) is 5.91. The van der Waals surface area contributed by atoms with Gasteiger partial charge in [-0.25, -0.2) is 9.78 Å². The van der Waals surface area contributed by atoms with Crippen molar-refractivity contribution in [3.63, 3.8) is 0 Å². The van der Waals surface area contributed by atoms with Gasteiger partial charge in [0.05, 0.1) is 17.2 Å². The SMILES string of the molecule is CC(c1ccnc(Cc2nc3ccc(-c4cnn(C[C@@H]5CC5(C)C)c4)cc3[nH]2)c1)N1CCN(C(=O)OC(C)(C)C)CC1. The number of hydrogen-bond acceptors (Lipinski definition) is 6. The van der Waals surface area contributed by atoms with Gasteiger partial charge in [0.1, 0.15) is 11.4 Å². The lowest BCUT2D eigenvalue weighted by Crippen LogP contribution is -2.50. The molecule has 0 bridgehead atoms. The summed E-state index contributed by atoms with van der Waals surface area (Å²) in [7, 11) is 0. The molecule has 1 aliphatic heterocycles. The number of hydrogen-bond donors (Lipinski definition) is 1. The molecule has 6 rings (SSSR count). The van der Waals surface area contributed by atoms with Gasteiger partial charge in [-0.15, -0.1) is 0 Å². The first-order valence-electron chi connectivity index (χ1n) is 15.1. The van der Waals surface area contributed by atoms with Crippen LogP contribution < -0.4 is 0 Å². The van der Waals surface area contributed by atoms with E-state index >= 15 is 0 Å². The Morgan fingerprint density at radius 3 is 2.60 bits per heavy atom. The first kappa shape index (κ1) is 28.4. The van der Waals surface area contributed by atoms with Gasteiger partial charge in [0, 0.05) is 68.8 Å². The van der Waals surface area contributed by atoms with Crippen LogP contribution in [0.25, 0.3) is 22.2 Å². The number of imidazole rings is 1. The molecule has 2 atom stereocenters. The van der Waals surface area contributed by atoms with Gasteiger partial charge in [0.25, 0.3) is 0 Å². The minimum absolute atomic E-state index is 0.220. The van der Waals surface area contributed by atoms with Crippen molar-refractivity contribution in [1.29, 1.82) is 0 Å². The number of fused-ring (bicyclic) bond motifs is 1. The summed E-state index contributed by atoms with van der Waals surface area (Å²) in [5.74, 6) is 1.62. The Balaban J connectivity index is 1.09. The van der Waals surface area contributed by atoms with Gasteiger partial charge >= 0.3 is 6.09 Å². The maximum atomic E-state index is 12.5. The van der Waals surface area contributed by atoms with Gasteiger partial charge in [-0.05, 0) is 80.8 Å². The largest absolute Gasteiger partial charge is 0.444 e. The average Bonchev–Trinajstić information content (AvgIpc) is 3.27. The van der Waals surface area contributed by atoms with Gasteiger partial charge in [0.15, 0.2) is 0 Å². The molecule has 222 valence electrons. The number of H-pyrrole nitrogens is 1. The van der Waals surface area contributed by atoms with Gasteiger partial charge in [0.2, 0.25) is 0 Å². The molecular formula is C33H43N7O2. The number of carbonyl (C=O) groups is 1. The number of aromatic nitrogens is 5. The van der Waals surface area contributed by atoms with E-state index in [4.69, 9.17) is 9.72 Å². The summed E-state index contributed by atoms with van der Waals surface area (Å²) < 4.78 is 7.63. The zero-order chi connectivity index (χ0) is 29.6. The average molecular weight is 570 g/mol. The second-order valence-electron chi connectivity index (χ2n) is 13.7. The molecule has 9 heteroatoms. The van der Waals surface area contributed by atoms with E-state index in [1.165, 1.54) is 12.0 Å². The number of aromatic amines is 1. The van der Waals surface area contributed by atoms with Crippen LogP contribution in [0.5, 0.6) is 0 Å². The van der Waals surface area contributed by atoms with Crippen molar-refractivity contribution >= 4 is 17.1 Å². The predicted octanol–water partition coefficient (Wildman–Crippen LogP) is 6.07. The molecule has 4 aromatic rings. The van der Waals surface area contributed by atoms with E-state index in [0.29, 0.717) is 30.8 Å². The second kappa shape index (κ2) is 10.8. The first-order valence-corrected chi connectivity index (χ1v) is 15.1. The highest BCUT2D eigenvalue weighted by Gasteiger charge is 2.45. The van der Waals surface area contributed by atoms with Crippen LogP contribution in [0.3, 0.4) is 0 Å². The fourth-order valence-corrected chi connectivity index (χ4v) is 5.91. The molecule has 1 aromatic carbocycles. The summed E-state index contributed by atoms with van der Waals surface area (Å²) in [6, 6.07) is 10.9. The van der Waals surface area contributed by atoms with Crippen molar-refractivity contribution in [3.05, 3.63) is 66.0 Å². The number of amides is 1.